The monoisotopic (exact) mass is 257 g/mol. The zero-order valence-electron chi connectivity index (χ0n) is 12.7. The van der Waals surface area contributed by atoms with Crippen molar-refractivity contribution >= 4 is 5.91 Å². The van der Waals surface area contributed by atoms with E-state index < -0.39 is 0 Å². The third kappa shape index (κ3) is 6.36. The fourth-order valence-corrected chi connectivity index (χ4v) is 2.07. The van der Waals surface area contributed by atoms with Crippen LogP contribution in [0.5, 0.6) is 0 Å². The third-order valence-electron chi connectivity index (χ3n) is 3.39. The second-order valence-corrected chi connectivity index (χ2v) is 5.30. The number of nitrogens with zero attached hydrogens (tertiary/aromatic N) is 1. The molecule has 0 aromatic rings. The summed E-state index contributed by atoms with van der Waals surface area (Å²) in [4.78, 5) is 14.3. The number of carbonyl (C=O) groups is 1. The molecule has 0 aliphatic rings. The van der Waals surface area contributed by atoms with Crippen molar-refractivity contribution in [3.8, 4) is 0 Å². The standard InChI is InChI=1S/C14H31N3O/c1-6-8-12(4)16-14(18)13(5)17(7-2)10-11(3)9-15/h11-13H,6-10,15H2,1-5H3,(H,16,18). The van der Waals surface area contributed by atoms with E-state index >= 15 is 0 Å². The Kier molecular flexibility index (Phi) is 9.02. The summed E-state index contributed by atoms with van der Waals surface area (Å²) in [7, 11) is 0. The van der Waals surface area contributed by atoms with Crippen LogP contribution in [0.15, 0.2) is 0 Å². The highest BCUT2D eigenvalue weighted by molar-refractivity contribution is 5.81. The van der Waals surface area contributed by atoms with Gasteiger partial charge in [-0.05, 0) is 39.3 Å². The molecule has 0 spiro atoms. The maximum atomic E-state index is 12.1. The van der Waals surface area contributed by atoms with Crippen molar-refractivity contribution in [2.75, 3.05) is 19.6 Å². The van der Waals surface area contributed by atoms with Crippen LogP contribution in [0, 0.1) is 5.92 Å². The Labute approximate surface area is 112 Å². The highest BCUT2D eigenvalue weighted by Gasteiger charge is 2.22. The Morgan fingerprint density at radius 3 is 2.33 bits per heavy atom. The molecule has 0 saturated heterocycles. The molecule has 18 heavy (non-hydrogen) atoms. The van der Waals surface area contributed by atoms with Crippen molar-refractivity contribution in [2.24, 2.45) is 11.7 Å². The van der Waals surface area contributed by atoms with Crippen LogP contribution in [-0.4, -0.2) is 42.5 Å². The fourth-order valence-electron chi connectivity index (χ4n) is 2.07. The summed E-state index contributed by atoms with van der Waals surface area (Å²) >= 11 is 0. The molecule has 0 rings (SSSR count). The zero-order valence-corrected chi connectivity index (χ0v) is 12.7. The van der Waals surface area contributed by atoms with Crippen LogP contribution >= 0.6 is 0 Å². The molecule has 0 saturated carbocycles. The van der Waals surface area contributed by atoms with Crippen molar-refractivity contribution in [3.63, 3.8) is 0 Å². The number of rotatable bonds is 9. The smallest absolute Gasteiger partial charge is 0.237 e. The molecule has 0 aliphatic heterocycles. The quantitative estimate of drug-likeness (QED) is 0.659. The lowest BCUT2D eigenvalue weighted by Gasteiger charge is -2.30. The third-order valence-corrected chi connectivity index (χ3v) is 3.39. The van der Waals surface area contributed by atoms with Gasteiger partial charge in [0.1, 0.15) is 0 Å². The first-order valence-corrected chi connectivity index (χ1v) is 7.20. The highest BCUT2D eigenvalue weighted by atomic mass is 16.2. The summed E-state index contributed by atoms with van der Waals surface area (Å²) in [5.74, 6) is 0.551. The molecular formula is C14H31N3O. The molecule has 3 unspecified atom stereocenters. The lowest BCUT2D eigenvalue weighted by Crippen LogP contribution is -2.49. The van der Waals surface area contributed by atoms with Crippen molar-refractivity contribution < 1.29 is 4.79 Å². The van der Waals surface area contributed by atoms with Crippen LogP contribution in [-0.2, 0) is 4.79 Å². The van der Waals surface area contributed by atoms with E-state index in [2.05, 4.69) is 37.9 Å². The summed E-state index contributed by atoms with van der Waals surface area (Å²) in [5, 5.41) is 3.07. The van der Waals surface area contributed by atoms with Gasteiger partial charge in [0.15, 0.2) is 0 Å². The molecule has 0 aromatic carbocycles. The molecule has 0 heterocycles. The number of amides is 1. The normalized spacial score (nSPS) is 16.4. The van der Waals surface area contributed by atoms with Crippen LogP contribution in [0.3, 0.4) is 0 Å². The second-order valence-electron chi connectivity index (χ2n) is 5.30. The molecule has 0 fully saturated rings. The molecular weight excluding hydrogens is 226 g/mol. The maximum absolute atomic E-state index is 12.1. The lowest BCUT2D eigenvalue weighted by atomic mass is 10.1. The van der Waals surface area contributed by atoms with Crippen molar-refractivity contribution in [3.05, 3.63) is 0 Å². The van der Waals surface area contributed by atoms with Crippen molar-refractivity contribution in [1.29, 1.82) is 0 Å². The van der Waals surface area contributed by atoms with Gasteiger partial charge >= 0.3 is 0 Å². The van der Waals surface area contributed by atoms with Gasteiger partial charge in [-0.15, -0.1) is 0 Å². The molecule has 108 valence electrons. The topological polar surface area (TPSA) is 58.4 Å². The van der Waals surface area contributed by atoms with Gasteiger partial charge in [-0.3, -0.25) is 9.69 Å². The van der Waals surface area contributed by atoms with Crippen LogP contribution in [0.25, 0.3) is 0 Å². The van der Waals surface area contributed by atoms with E-state index in [0.29, 0.717) is 12.5 Å². The summed E-state index contributed by atoms with van der Waals surface area (Å²) in [6, 6.07) is 0.180. The molecule has 0 aliphatic carbocycles. The molecule has 4 heteroatoms. The molecule has 0 aromatic heterocycles. The Hall–Kier alpha value is -0.610. The van der Waals surface area contributed by atoms with Crippen LogP contribution in [0.2, 0.25) is 0 Å². The van der Waals surface area contributed by atoms with E-state index in [1.54, 1.807) is 0 Å². The largest absolute Gasteiger partial charge is 0.352 e. The first kappa shape index (κ1) is 17.4. The lowest BCUT2D eigenvalue weighted by molar-refractivity contribution is -0.126. The van der Waals surface area contributed by atoms with Crippen LogP contribution in [0.1, 0.15) is 47.5 Å². The van der Waals surface area contributed by atoms with Gasteiger partial charge in [0, 0.05) is 12.6 Å². The first-order valence-electron chi connectivity index (χ1n) is 7.20. The van der Waals surface area contributed by atoms with Crippen LogP contribution < -0.4 is 11.1 Å². The Bertz CT molecular complexity index is 233. The van der Waals surface area contributed by atoms with E-state index in [0.717, 1.165) is 25.9 Å². The number of nitrogens with one attached hydrogen (secondary N) is 1. The summed E-state index contributed by atoms with van der Waals surface area (Å²) in [5.41, 5.74) is 5.64. The van der Waals surface area contributed by atoms with Crippen molar-refractivity contribution in [2.45, 2.75) is 59.5 Å². The molecule has 1 amide bonds. The molecule has 0 radical (unpaired) electrons. The number of likely N-dealkylation sites (N-methyl/N-ethyl adjacent to an activating group) is 1. The van der Waals surface area contributed by atoms with Gasteiger partial charge in [-0.25, -0.2) is 0 Å². The van der Waals surface area contributed by atoms with Crippen molar-refractivity contribution in [1.82, 2.24) is 10.2 Å². The SMILES string of the molecule is CCCC(C)NC(=O)C(C)N(CC)CC(C)CN. The van der Waals surface area contributed by atoms with Gasteiger partial charge in [0.05, 0.1) is 6.04 Å². The predicted octanol–water partition coefficient (Wildman–Crippen LogP) is 1.60. The molecule has 3 atom stereocenters. The Morgan fingerprint density at radius 2 is 1.89 bits per heavy atom. The molecule has 4 nitrogen and oxygen atoms in total. The van der Waals surface area contributed by atoms with Crippen LogP contribution in [0.4, 0.5) is 0 Å². The van der Waals surface area contributed by atoms with E-state index in [1.807, 2.05) is 6.92 Å². The van der Waals surface area contributed by atoms with Gasteiger partial charge in [-0.1, -0.05) is 27.2 Å². The van der Waals surface area contributed by atoms with E-state index in [1.165, 1.54) is 0 Å². The average Bonchev–Trinajstić information content (AvgIpc) is 2.34. The Morgan fingerprint density at radius 1 is 1.28 bits per heavy atom. The fraction of sp³-hybridized carbons (Fsp3) is 0.929. The number of carbonyl (C=O) groups excluding carboxylic acids is 1. The number of hydrogen-bond acceptors (Lipinski definition) is 3. The summed E-state index contributed by atoms with van der Waals surface area (Å²) < 4.78 is 0. The van der Waals surface area contributed by atoms with E-state index in [9.17, 15) is 4.79 Å². The van der Waals surface area contributed by atoms with E-state index in [4.69, 9.17) is 5.73 Å². The van der Waals surface area contributed by atoms with E-state index in [-0.39, 0.29) is 18.0 Å². The van der Waals surface area contributed by atoms with Gasteiger partial charge in [0.25, 0.3) is 0 Å². The first-order chi connectivity index (χ1) is 8.46. The average molecular weight is 257 g/mol. The Balaban J connectivity index is 4.30. The summed E-state index contributed by atoms with van der Waals surface area (Å²) in [6.07, 6.45) is 2.13. The number of nitrogens with two attached hydrogens (primary N) is 1. The minimum atomic E-state index is -0.0803. The van der Waals surface area contributed by atoms with Gasteiger partial charge < -0.3 is 11.1 Å². The number of hydrogen-bond donors (Lipinski definition) is 2. The minimum absolute atomic E-state index is 0.0803. The van der Waals surface area contributed by atoms with Gasteiger partial charge in [-0.2, -0.15) is 0 Å². The molecule has 0 bridgehead atoms. The summed E-state index contributed by atoms with van der Waals surface area (Å²) in [6.45, 7) is 12.8. The molecule has 3 N–H and O–H groups in total. The van der Waals surface area contributed by atoms with Gasteiger partial charge in [0.2, 0.25) is 5.91 Å². The highest BCUT2D eigenvalue weighted by Crippen LogP contribution is 2.05. The second kappa shape index (κ2) is 9.34. The minimum Gasteiger partial charge on any atom is -0.352 e. The maximum Gasteiger partial charge on any atom is 0.237 e. The zero-order chi connectivity index (χ0) is 14.1. The predicted molar refractivity (Wildman–Crippen MR) is 77.4 cm³/mol.